The van der Waals surface area contributed by atoms with E-state index in [1.165, 1.54) is 16.7 Å². The monoisotopic (exact) mass is 248 g/mol. The highest BCUT2D eigenvalue weighted by Crippen LogP contribution is 2.24. The lowest BCUT2D eigenvalue weighted by Crippen LogP contribution is -2.47. The van der Waals surface area contributed by atoms with Crippen LogP contribution in [0.25, 0.3) is 0 Å². The maximum Gasteiger partial charge on any atom is 0.0771 e. The second kappa shape index (κ2) is 5.83. The summed E-state index contributed by atoms with van der Waals surface area (Å²) in [4.78, 5) is 0. The second-order valence-corrected chi connectivity index (χ2v) is 5.50. The number of nitrogens with one attached hydrogen (secondary N) is 1. The molecule has 2 rings (SSSR count). The highest BCUT2D eigenvalue weighted by molar-refractivity contribution is 5.30. The first-order valence-electron chi connectivity index (χ1n) is 6.75. The van der Waals surface area contributed by atoms with E-state index in [0.29, 0.717) is 5.92 Å². The fourth-order valence-electron chi connectivity index (χ4n) is 2.69. The quantitative estimate of drug-likeness (QED) is 0.633. The zero-order valence-corrected chi connectivity index (χ0v) is 11.6. The van der Waals surface area contributed by atoms with Crippen LogP contribution in [0, 0.1) is 19.8 Å². The predicted molar refractivity (Wildman–Crippen MR) is 74.3 cm³/mol. The lowest BCUT2D eigenvalue weighted by Gasteiger charge is -2.25. The number of ether oxygens (including phenoxy) is 1. The Bertz CT molecular complexity index is 405. The molecule has 0 bridgehead atoms. The van der Waals surface area contributed by atoms with Crippen LogP contribution >= 0.6 is 0 Å². The topological polar surface area (TPSA) is 47.3 Å². The van der Waals surface area contributed by atoms with Gasteiger partial charge < -0.3 is 4.74 Å². The number of rotatable bonds is 4. The van der Waals surface area contributed by atoms with E-state index in [4.69, 9.17) is 10.6 Å². The van der Waals surface area contributed by atoms with Gasteiger partial charge in [0.15, 0.2) is 0 Å². The Morgan fingerprint density at radius 2 is 2.17 bits per heavy atom. The van der Waals surface area contributed by atoms with Gasteiger partial charge >= 0.3 is 0 Å². The molecule has 0 radical (unpaired) electrons. The van der Waals surface area contributed by atoms with E-state index in [2.05, 4.69) is 44.4 Å². The number of nitrogens with two attached hydrogens (primary N) is 1. The maximum absolute atomic E-state index is 5.80. The SMILES string of the molecule is Cc1ccc(CC(NN)C2OCCC2C)cc1C. The average Bonchev–Trinajstić information content (AvgIpc) is 2.77. The third kappa shape index (κ3) is 2.91. The highest BCUT2D eigenvalue weighted by atomic mass is 16.5. The van der Waals surface area contributed by atoms with Crippen LogP contribution in [0.4, 0.5) is 0 Å². The molecule has 0 saturated carbocycles. The first-order chi connectivity index (χ1) is 8.61. The van der Waals surface area contributed by atoms with Gasteiger partial charge in [0.25, 0.3) is 0 Å². The van der Waals surface area contributed by atoms with E-state index >= 15 is 0 Å². The largest absolute Gasteiger partial charge is 0.376 e. The van der Waals surface area contributed by atoms with Crippen molar-refractivity contribution in [3.05, 3.63) is 34.9 Å². The maximum atomic E-state index is 5.80. The third-order valence-corrected chi connectivity index (χ3v) is 4.08. The van der Waals surface area contributed by atoms with E-state index in [-0.39, 0.29) is 12.1 Å². The van der Waals surface area contributed by atoms with Gasteiger partial charge in [-0.3, -0.25) is 11.3 Å². The molecule has 100 valence electrons. The van der Waals surface area contributed by atoms with Crippen LogP contribution in [0.15, 0.2) is 18.2 Å². The lowest BCUT2D eigenvalue weighted by atomic mass is 9.92. The minimum Gasteiger partial charge on any atom is -0.376 e. The van der Waals surface area contributed by atoms with E-state index < -0.39 is 0 Å². The summed E-state index contributed by atoms with van der Waals surface area (Å²) in [5.74, 6) is 6.28. The van der Waals surface area contributed by atoms with Crippen LogP contribution in [0.1, 0.15) is 30.0 Å². The molecule has 0 amide bonds. The number of hydrazine groups is 1. The summed E-state index contributed by atoms with van der Waals surface area (Å²) >= 11 is 0. The Balaban J connectivity index is 2.07. The number of aryl methyl sites for hydroxylation is 2. The molecule has 3 nitrogen and oxygen atoms in total. The molecule has 18 heavy (non-hydrogen) atoms. The van der Waals surface area contributed by atoms with Crippen molar-refractivity contribution in [3.8, 4) is 0 Å². The Labute approximate surface area is 110 Å². The molecular weight excluding hydrogens is 224 g/mol. The summed E-state index contributed by atoms with van der Waals surface area (Å²) in [7, 11) is 0. The molecule has 1 saturated heterocycles. The summed E-state index contributed by atoms with van der Waals surface area (Å²) in [5.41, 5.74) is 6.93. The van der Waals surface area contributed by atoms with Crippen molar-refractivity contribution in [2.24, 2.45) is 11.8 Å². The first kappa shape index (κ1) is 13.5. The van der Waals surface area contributed by atoms with Gasteiger partial charge in [-0.15, -0.1) is 0 Å². The molecule has 1 aliphatic heterocycles. The van der Waals surface area contributed by atoms with Crippen LogP contribution in [0.3, 0.4) is 0 Å². The smallest absolute Gasteiger partial charge is 0.0771 e. The molecule has 3 heteroatoms. The van der Waals surface area contributed by atoms with Crippen molar-refractivity contribution in [3.63, 3.8) is 0 Å². The Hall–Kier alpha value is -0.900. The van der Waals surface area contributed by atoms with Gasteiger partial charge in [-0.05, 0) is 49.3 Å². The second-order valence-electron chi connectivity index (χ2n) is 5.50. The minimum absolute atomic E-state index is 0.199. The van der Waals surface area contributed by atoms with Crippen molar-refractivity contribution in [2.75, 3.05) is 6.61 Å². The Kier molecular flexibility index (Phi) is 4.38. The van der Waals surface area contributed by atoms with Crippen LogP contribution in [-0.4, -0.2) is 18.8 Å². The molecule has 3 atom stereocenters. The Morgan fingerprint density at radius 1 is 1.39 bits per heavy atom. The summed E-state index contributed by atoms with van der Waals surface area (Å²) in [6.45, 7) is 7.39. The third-order valence-electron chi connectivity index (χ3n) is 4.08. The summed E-state index contributed by atoms with van der Waals surface area (Å²) in [5, 5.41) is 0. The predicted octanol–water partition coefficient (Wildman–Crippen LogP) is 2.10. The summed E-state index contributed by atoms with van der Waals surface area (Å²) in [6, 6.07) is 6.81. The standard InChI is InChI=1S/C15H24N2O/c1-10-4-5-13(8-12(10)3)9-14(17-16)15-11(2)6-7-18-15/h4-5,8,11,14-15,17H,6-7,9,16H2,1-3H3. The van der Waals surface area contributed by atoms with Crippen molar-refractivity contribution in [1.29, 1.82) is 0 Å². The molecule has 0 aliphatic carbocycles. The normalized spacial score (nSPS) is 25.3. The zero-order chi connectivity index (χ0) is 13.1. The molecule has 0 aromatic heterocycles. The molecule has 1 heterocycles. The van der Waals surface area contributed by atoms with Crippen LogP contribution < -0.4 is 11.3 Å². The van der Waals surface area contributed by atoms with Gasteiger partial charge in [0.05, 0.1) is 12.1 Å². The number of benzene rings is 1. The molecule has 1 aliphatic rings. The van der Waals surface area contributed by atoms with Gasteiger partial charge in [0.2, 0.25) is 0 Å². The molecule has 1 aromatic rings. The van der Waals surface area contributed by atoms with Crippen molar-refractivity contribution >= 4 is 0 Å². The van der Waals surface area contributed by atoms with E-state index in [9.17, 15) is 0 Å². The highest BCUT2D eigenvalue weighted by Gasteiger charge is 2.31. The van der Waals surface area contributed by atoms with Crippen LogP contribution in [0.5, 0.6) is 0 Å². The lowest BCUT2D eigenvalue weighted by molar-refractivity contribution is 0.0610. The molecule has 3 unspecified atom stereocenters. The minimum atomic E-state index is 0.199. The van der Waals surface area contributed by atoms with Crippen LogP contribution in [0.2, 0.25) is 0 Å². The van der Waals surface area contributed by atoms with Gasteiger partial charge in [-0.2, -0.15) is 0 Å². The van der Waals surface area contributed by atoms with Gasteiger partial charge in [-0.1, -0.05) is 25.1 Å². The fourth-order valence-corrected chi connectivity index (χ4v) is 2.69. The van der Waals surface area contributed by atoms with E-state index in [1.807, 2.05) is 0 Å². The Morgan fingerprint density at radius 3 is 2.72 bits per heavy atom. The van der Waals surface area contributed by atoms with Crippen molar-refractivity contribution in [1.82, 2.24) is 5.43 Å². The fraction of sp³-hybridized carbons (Fsp3) is 0.600. The molecular formula is C15H24N2O. The van der Waals surface area contributed by atoms with Gasteiger partial charge in [0.1, 0.15) is 0 Å². The molecule has 0 spiro atoms. The zero-order valence-electron chi connectivity index (χ0n) is 11.6. The van der Waals surface area contributed by atoms with Gasteiger partial charge in [-0.25, -0.2) is 0 Å². The van der Waals surface area contributed by atoms with E-state index in [0.717, 1.165) is 19.4 Å². The number of hydrogen-bond donors (Lipinski definition) is 2. The molecule has 1 aromatic carbocycles. The average molecular weight is 248 g/mol. The van der Waals surface area contributed by atoms with Crippen LogP contribution in [-0.2, 0) is 11.2 Å². The van der Waals surface area contributed by atoms with Crippen molar-refractivity contribution in [2.45, 2.75) is 45.8 Å². The molecule has 3 N–H and O–H groups in total. The van der Waals surface area contributed by atoms with E-state index in [1.54, 1.807) is 0 Å². The summed E-state index contributed by atoms with van der Waals surface area (Å²) in [6.07, 6.45) is 2.29. The van der Waals surface area contributed by atoms with Crippen molar-refractivity contribution < 1.29 is 4.74 Å². The molecule has 1 fully saturated rings. The number of hydrogen-bond acceptors (Lipinski definition) is 3. The summed E-state index contributed by atoms with van der Waals surface area (Å²) < 4.78 is 5.80. The first-order valence-corrected chi connectivity index (χ1v) is 6.75. The van der Waals surface area contributed by atoms with Gasteiger partial charge in [0, 0.05) is 6.61 Å².